The third-order valence-electron chi connectivity index (χ3n) is 4.43. The van der Waals surface area contributed by atoms with E-state index in [2.05, 4.69) is 0 Å². The van der Waals surface area contributed by atoms with Crippen LogP contribution in [0.2, 0.25) is 0 Å². The first-order valence-electron chi connectivity index (χ1n) is 7.83. The molecule has 0 saturated carbocycles. The van der Waals surface area contributed by atoms with E-state index in [4.69, 9.17) is 5.73 Å². The Morgan fingerprint density at radius 3 is 2.33 bits per heavy atom. The maximum absolute atomic E-state index is 13.0. The second-order valence-corrected chi connectivity index (χ2v) is 6.04. The van der Waals surface area contributed by atoms with E-state index in [9.17, 15) is 18.8 Å². The number of benzene rings is 1. The van der Waals surface area contributed by atoms with Crippen molar-refractivity contribution >= 4 is 23.4 Å². The predicted molar refractivity (Wildman–Crippen MR) is 84.5 cm³/mol. The quantitative estimate of drug-likeness (QED) is 0.755. The summed E-state index contributed by atoms with van der Waals surface area (Å²) in [5.41, 5.74) is 5.58. The van der Waals surface area contributed by atoms with Gasteiger partial charge in [-0.15, -0.1) is 0 Å². The second kappa shape index (κ2) is 6.66. The molecule has 2 aliphatic rings. The zero-order valence-electron chi connectivity index (χ0n) is 13.2. The summed E-state index contributed by atoms with van der Waals surface area (Å²) < 4.78 is 13.0. The van der Waals surface area contributed by atoms with Gasteiger partial charge in [0.25, 0.3) is 5.91 Å². The Morgan fingerprint density at radius 1 is 1.12 bits per heavy atom. The number of carbonyl (C=O) groups is 3. The van der Waals surface area contributed by atoms with E-state index in [0.717, 1.165) is 4.90 Å². The summed E-state index contributed by atoms with van der Waals surface area (Å²) in [4.78, 5) is 40.9. The Bertz CT molecular complexity index is 656. The van der Waals surface area contributed by atoms with Gasteiger partial charge in [0.2, 0.25) is 11.8 Å². The highest BCUT2D eigenvalue weighted by Gasteiger charge is 2.43. The molecule has 7 nitrogen and oxygen atoms in total. The fourth-order valence-corrected chi connectivity index (χ4v) is 3.22. The normalized spacial score (nSPS) is 23.0. The first kappa shape index (κ1) is 16.5. The van der Waals surface area contributed by atoms with Crippen molar-refractivity contribution in [1.29, 1.82) is 0 Å². The predicted octanol–water partition coefficient (Wildman–Crippen LogP) is -0.439. The molecule has 0 aromatic heterocycles. The summed E-state index contributed by atoms with van der Waals surface area (Å²) in [6, 6.07) is 4.81. The Morgan fingerprint density at radius 2 is 1.75 bits per heavy atom. The fraction of sp³-hybridized carbons (Fsp3) is 0.438. The molecular weight excluding hydrogens is 315 g/mol. The van der Waals surface area contributed by atoms with Gasteiger partial charge in [-0.2, -0.15) is 0 Å². The number of imide groups is 1. The van der Waals surface area contributed by atoms with Crippen molar-refractivity contribution in [1.82, 2.24) is 9.80 Å². The molecule has 2 fully saturated rings. The average molecular weight is 334 g/mol. The highest BCUT2D eigenvalue weighted by atomic mass is 19.1. The number of anilines is 1. The Labute approximate surface area is 138 Å². The standard InChI is InChI=1S/C16H19FN4O3/c17-11-1-3-12(4-2-11)21-15(23)9-13(16(21)24)20-7-5-19(6-8-20)10-14(18)22/h1-4,13H,5-10H2,(H2,18,22)/t13-/m0/s1. The van der Waals surface area contributed by atoms with Gasteiger partial charge in [-0.1, -0.05) is 0 Å². The third-order valence-corrected chi connectivity index (χ3v) is 4.43. The lowest BCUT2D eigenvalue weighted by Gasteiger charge is -2.36. The molecule has 128 valence electrons. The molecule has 2 heterocycles. The molecule has 2 aliphatic heterocycles. The van der Waals surface area contributed by atoms with Crippen molar-refractivity contribution in [3.63, 3.8) is 0 Å². The van der Waals surface area contributed by atoms with Crippen molar-refractivity contribution in [2.75, 3.05) is 37.6 Å². The van der Waals surface area contributed by atoms with Crippen molar-refractivity contribution in [2.24, 2.45) is 5.73 Å². The number of piperazine rings is 1. The number of primary amides is 1. The van der Waals surface area contributed by atoms with Gasteiger partial charge in [0, 0.05) is 26.2 Å². The van der Waals surface area contributed by atoms with Crippen LogP contribution in [0.15, 0.2) is 24.3 Å². The maximum Gasteiger partial charge on any atom is 0.251 e. The smallest absolute Gasteiger partial charge is 0.251 e. The Hall–Kier alpha value is -2.32. The number of nitrogens with two attached hydrogens (primary N) is 1. The SMILES string of the molecule is NC(=O)CN1CCN([C@H]2CC(=O)N(c3ccc(F)cc3)C2=O)CC1. The molecule has 3 amide bonds. The van der Waals surface area contributed by atoms with Crippen molar-refractivity contribution in [3.05, 3.63) is 30.1 Å². The largest absolute Gasteiger partial charge is 0.369 e. The molecular formula is C16H19FN4O3. The van der Waals surface area contributed by atoms with E-state index < -0.39 is 11.9 Å². The number of rotatable bonds is 4. The van der Waals surface area contributed by atoms with Crippen LogP contribution in [0.4, 0.5) is 10.1 Å². The fourth-order valence-electron chi connectivity index (χ4n) is 3.22. The number of amides is 3. The monoisotopic (exact) mass is 334 g/mol. The molecule has 0 bridgehead atoms. The minimum absolute atomic E-state index is 0.117. The van der Waals surface area contributed by atoms with Crippen molar-refractivity contribution < 1.29 is 18.8 Å². The molecule has 0 spiro atoms. The van der Waals surface area contributed by atoms with Crippen LogP contribution >= 0.6 is 0 Å². The Balaban J connectivity index is 1.66. The van der Waals surface area contributed by atoms with Crippen LogP contribution in [0.25, 0.3) is 0 Å². The van der Waals surface area contributed by atoms with Crippen molar-refractivity contribution in [3.8, 4) is 0 Å². The summed E-state index contributed by atoms with van der Waals surface area (Å²) in [5, 5.41) is 0. The number of hydrogen-bond donors (Lipinski definition) is 1. The Kier molecular flexibility index (Phi) is 4.59. The maximum atomic E-state index is 13.0. The van der Waals surface area contributed by atoms with E-state index in [1.165, 1.54) is 24.3 Å². The van der Waals surface area contributed by atoms with Gasteiger partial charge in [0.15, 0.2) is 0 Å². The average Bonchev–Trinajstić information content (AvgIpc) is 2.83. The van der Waals surface area contributed by atoms with E-state index >= 15 is 0 Å². The van der Waals surface area contributed by atoms with Gasteiger partial charge >= 0.3 is 0 Å². The summed E-state index contributed by atoms with van der Waals surface area (Å²) in [6.07, 6.45) is 0.117. The van der Waals surface area contributed by atoms with Crippen LogP contribution in [-0.2, 0) is 14.4 Å². The minimum atomic E-state index is -0.502. The molecule has 1 aromatic carbocycles. The van der Waals surface area contributed by atoms with Gasteiger partial charge in [-0.05, 0) is 24.3 Å². The number of carbonyl (C=O) groups excluding carboxylic acids is 3. The van der Waals surface area contributed by atoms with Gasteiger partial charge in [0.05, 0.1) is 24.7 Å². The van der Waals surface area contributed by atoms with E-state index in [1.54, 1.807) is 0 Å². The summed E-state index contributed by atoms with van der Waals surface area (Å²) in [5.74, 6) is -1.36. The van der Waals surface area contributed by atoms with Crippen molar-refractivity contribution in [2.45, 2.75) is 12.5 Å². The van der Waals surface area contributed by atoms with Gasteiger partial charge in [0.1, 0.15) is 5.82 Å². The van der Waals surface area contributed by atoms with Crippen LogP contribution in [0.1, 0.15) is 6.42 Å². The molecule has 3 rings (SSSR count). The molecule has 1 aromatic rings. The number of hydrogen-bond acceptors (Lipinski definition) is 5. The minimum Gasteiger partial charge on any atom is -0.369 e. The van der Waals surface area contributed by atoms with Gasteiger partial charge in [-0.3, -0.25) is 24.2 Å². The van der Waals surface area contributed by atoms with E-state index in [-0.39, 0.29) is 30.7 Å². The highest BCUT2D eigenvalue weighted by molar-refractivity contribution is 6.22. The lowest BCUT2D eigenvalue weighted by Crippen LogP contribution is -2.53. The van der Waals surface area contributed by atoms with E-state index in [0.29, 0.717) is 31.9 Å². The molecule has 24 heavy (non-hydrogen) atoms. The molecule has 2 saturated heterocycles. The topological polar surface area (TPSA) is 87.0 Å². The zero-order valence-corrected chi connectivity index (χ0v) is 13.2. The summed E-state index contributed by atoms with van der Waals surface area (Å²) in [6.45, 7) is 2.63. The van der Waals surface area contributed by atoms with Crippen LogP contribution in [0.3, 0.4) is 0 Å². The van der Waals surface area contributed by atoms with E-state index in [1.807, 2.05) is 9.80 Å². The lowest BCUT2D eigenvalue weighted by molar-refractivity contribution is -0.124. The first-order chi connectivity index (χ1) is 11.5. The third kappa shape index (κ3) is 3.29. The molecule has 8 heteroatoms. The van der Waals surface area contributed by atoms with Crippen LogP contribution < -0.4 is 10.6 Å². The molecule has 2 N–H and O–H groups in total. The van der Waals surface area contributed by atoms with Gasteiger partial charge < -0.3 is 5.73 Å². The van der Waals surface area contributed by atoms with Gasteiger partial charge in [-0.25, -0.2) is 9.29 Å². The number of halogens is 1. The zero-order chi connectivity index (χ0) is 17.3. The molecule has 0 radical (unpaired) electrons. The molecule has 1 atom stereocenters. The first-order valence-corrected chi connectivity index (χ1v) is 7.83. The molecule has 0 unspecified atom stereocenters. The lowest BCUT2D eigenvalue weighted by atomic mass is 10.1. The summed E-state index contributed by atoms with van der Waals surface area (Å²) in [7, 11) is 0. The highest BCUT2D eigenvalue weighted by Crippen LogP contribution is 2.26. The molecule has 0 aliphatic carbocycles. The van der Waals surface area contributed by atoms with Crippen LogP contribution in [0.5, 0.6) is 0 Å². The number of nitrogens with zero attached hydrogens (tertiary/aromatic N) is 3. The second-order valence-electron chi connectivity index (χ2n) is 6.04. The van der Waals surface area contributed by atoms with Crippen LogP contribution in [0, 0.1) is 5.82 Å². The van der Waals surface area contributed by atoms with Crippen LogP contribution in [-0.4, -0.2) is 66.3 Å². The summed E-state index contributed by atoms with van der Waals surface area (Å²) >= 11 is 0.